The lowest BCUT2D eigenvalue weighted by Crippen LogP contribution is -2.53. The van der Waals surface area contributed by atoms with Crippen LogP contribution < -0.4 is 5.32 Å². The number of hydrogen-bond donors (Lipinski definition) is 2. The molecule has 2 amide bonds. The number of carboxylic acids is 1. The summed E-state index contributed by atoms with van der Waals surface area (Å²) >= 11 is 1.53. The summed E-state index contributed by atoms with van der Waals surface area (Å²) < 4.78 is 5.65. The molecule has 2 fully saturated rings. The highest BCUT2D eigenvalue weighted by Crippen LogP contribution is 2.34. The molecule has 2 aliphatic heterocycles. The van der Waals surface area contributed by atoms with Crippen molar-refractivity contribution >= 4 is 23.8 Å². The molecule has 0 spiro atoms. The van der Waals surface area contributed by atoms with E-state index in [1.54, 1.807) is 0 Å². The Kier molecular flexibility index (Phi) is 5.03. The minimum absolute atomic E-state index is 0.0941. The van der Waals surface area contributed by atoms with Crippen molar-refractivity contribution in [2.45, 2.75) is 50.6 Å². The zero-order valence-electron chi connectivity index (χ0n) is 12.8. The van der Waals surface area contributed by atoms with Crippen molar-refractivity contribution in [3.63, 3.8) is 0 Å². The molecule has 21 heavy (non-hydrogen) atoms. The van der Waals surface area contributed by atoms with E-state index in [2.05, 4.69) is 5.32 Å². The van der Waals surface area contributed by atoms with E-state index in [1.807, 2.05) is 20.8 Å². The summed E-state index contributed by atoms with van der Waals surface area (Å²) in [6.45, 7) is 7.13. The van der Waals surface area contributed by atoms with Crippen molar-refractivity contribution < 1.29 is 19.4 Å². The highest BCUT2D eigenvalue weighted by atomic mass is 32.2. The SMILES string of the molecule is CC(C)C1SCC(C(=O)O)N1C(=O)NCC1(C)CCCO1. The molecule has 0 aromatic rings. The van der Waals surface area contributed by atoms with Gasteiger partial charge in [-0.25, -0.2) is 9.59 Å². The molecule has 3 atom stereocenters. The minimum atomic E-state index is -0.941. The molecule has 3 unspecified atom stereocenters. The number of carbonyl (C=O) groups excluding carboxylic acids is 1. The van der Waals surface area contributed by atoms with Gasteiger partial charge in [-0.05, 0) is 25.7 Å². The quantitative estimate of drug-likeness (QED) is 0.826. The van der Waals surface area contributed by atoms with Crippen LogP contribution in [0.4, 0.5) is 4.79 Å². The van der Waals surface area contributed by atoms with Crippen LogP contribution in [-0.4, -0.2) is 57.9 Å². The zero-order valence-corrected chi connectivity index (χ0v) is 13.6. The highest BCUT2D eigenvalue weighted by Gasteiger charge is 2.43. The Morgan fingerprint density at radius 3 is 2.76 bits per heavy atom. The highest BCUT2D eigenvalue weighted by molar-refractivity contribution is 8.00. The van der Waals surface area contributed by atoms with Crippen molar-refractivity contribution in [3.8, 4) is 0 Å². The van der Waals surface area contributed by atoms with Crippen molar-refractivity contribution in [1.82, 2.24) is 10.2 Å². The smallest absolute Gasteiger partial charge is 0.327 e. The molecule has 2 rings (SSSR count). The van der Waals surface area contributed by atoms with Gasteiger partial charge in [0.15, 0.2) is 0 Å². The summed E-state index contributed by atoms with van der Waals surface area (Å²) in [5, 5.41) is 12.1. The number of carbonyl (C=O) groups is 2. The van der Waals surface area contributed by atoms with Crippen LogP contribution >= 0.6 is 11.8 Å². The Bertz CT molecular complexity index is 410. The van der Waals surface area contributed by atoms with Gasteiger partial charge in [0.05, 0.1) is 11.0 Å². The molecule has 0 radical (unpaired) electrons. The van der Waals surface area contributed by atoms with Crippen molar-refractivity contribution in [2.75, 3.05) is 18.9 Å². The normalized spacial score (nSPS) is 32.7. The number of nitrogens with zero attached hydrogens (tertiary/aromatic N) is 1. The Balaban J connectivity index is 2.01. The summed E-state index contributed by atoms with van der Waals surface area (Å²) in [7, 11) is 0. The molecule has 6 nitrogen and oxygen atoms in total. The number of aliphatic carboxylic acids is 1. The van der Waals surface area contributed by atoms with Crippen LogP contribution in [0.3, 0.4) is 0 Å². The monoisotopic (exact) mass is 316 g/mol. The van der Waals surface area contributed by atoms with Crippen LogP contribution in [0.5, 0.6) is 0 Å². The number of rotatable bonds is 4. The van der Waals surface area contributed by atoms with Gasteiger partial charge in [-0.1, -0.05) is 13.8 Å². The standard InChI is InChI=1S/C14H24N2O4S/c1-9(2)11-16(10(7-21-11)12(17)18)13(19)15-8-14(3)5-4-6-20-14/h9-11H,4-8H2,1-3H3,(H,15,19)(H,17,18). The molecular weight excluding hydrogens is 292 g/mol. The number of amides is 2. The van der Waals surface area contributed by atoms with E-state index >= 15 is 0 Å². The molecule has 0 aromatic heterocycles. The topological polar surface area (TPSA) is 78.9 Å². The largest absolute Gasteiger partial charge is 0.480 e. The maximum Gasteiger partial charge on any atom is 0.327 e. The summed E-state index contributed by atoms with van der Waals surface area (Å²) in [5.41, 5.74) is -0.325. The van der Waals surface area contributed by atoms with Crippen molar-refractivity contribution in [1.29, 1.82) is 0 Å². The van der Waals surface area contributed by atoms with Crippen LogP contribution in [0.2, 0.25) is 0 Å². The average molecular weight is 316 g/mol. The summed E-state index contributed by atoms with van der Waals surface area (Å²) in [6, 6.07) is -1.05. The molecule has 2 aliphatic rings. The van der Waals surface area contributed by atoms with E-state index < -0.39 is 12.0 Å². The zero-order chi connectivity index (χ0) is 15.6. The predicted molar refractivity (Wildman–Crippen MR) is 81.3 cm³/mol. The van der Waals surface area contributed by atoms with Gasteiger partial charge >= 0.3 is 12.0 Å². The number of nitrogens with one attached hydrogen (secondary N) is 1. The molecule has 2 N–H and O–H groups in total. The Morgan fingerprint density at radius 2 is 2.24 bits per heavy atom. The first kappa shape index (κ1) is 16.4. The molecule has 0 aliphatic carbocycles. The van der Waals surface area contributed by atoms with Gasteiger partial charge in [-0.2, -0.15) is 0 Å². The molecule has 120 valence electrons. The number of urea groups is 1. The fourth-order valence-corrected chi connectivity index (χ4v) is 4.29. The number of ether oxygens (including phenoxy) is 1. The second-order valence-electron chi connectivity index (χ2n) is 6.29. The third kappa shape index (κ3) is 3.63. The summed E-state index contributed by atoms with van der Waals surface area (Å²) in [4.78, 5) is 25.3. The lowest BCUT2D eigenvalue weighted by atomic mass is 10.0. The third-order valence-corrected chi connectivity index (χ3v) is 5.66. The molecule has 2 heterocycles. The minimum Gasteiger partial charge on any atom is -0.480 e. The van der Waals surface area contributed by atoms with E-state index in [9.17, 15) is 14.7 Å². The first-order valence-corrected chi connectivity index (χ1v) is 8.43. The van der Waals surface area contributed by atoms with Crippen molar-refractivity contribution in [2.24, 2.45) is 5.92 Å². The van der Waals surface area contributed by atoms with E-state index in [4.69, 9.17) is 4.74 Å². The lowest BCUT2D eigenvalue weighted by molar-refractivity contribution is -0.141. The maximum atomic E-state index is 12.5. The van der Waals surface area contributed by atoms with Crippen molar-refractivity contribution in [3.05, 3.63) is 0 Å². The molecule has 0 bridgehead atoms. The second kappa shape index (κ2) is 6.44. The van der Waals surface area contributed by atoms with Crippen LogP contribution in [0.25, 0.3) is 0 Å². The average Bonchev–Trinajstić information content (AvgIpc) is 3.02. The third-order valence-electron chi connectivity index (χ3n) is 4.04. The van der Waals surface area contributed by atoms with Gasteiger partial charge in [0.25, 0.3) is 0 Å². The molecule has 0 saturated carbocycles. The van der Waals surface area contributed by atoms with E-state index in [-0.39, 0.29) is 22.9 Å². The Labute approximate surface area is 129 Å². The van der Waals surface area contributed by atoms with E-state index in [0.717, 1.165) is 19.4 Å². The summed E-state index contributed by atoms with van der Waals surface area (Å²) in [6.07, 6.45) is 1.91. The fraction of sp³-hybridized carbons (Fsp3) is 0.857. The van der Waals surface area contributed by atoms with Gasteiger partial charge in [0, 0.05) is 18.9 Å². The van der Waals surface area contributed by atoms with Gasteiger partial charge < -0.3 is 15.2 Å². The maximum absolute atomic E-state index is 12.5. The van der Waals surface area contributed by atoms with Gasteiger partial charge in [-0.3, -0.25) is 4.90 Å². The first-order valence-electron chi connectivity index (χ1n) is 7.38. The van der Waals surface area contributed by atoms with Crippen LogP contribution in [-0.2, 0) is 9.53 Å². The fourth-order valence-electron chi connectivity index (χ4n) is 2.82. The van der Waals surface area contributed by atoms with Gasteiger partial charge in [0.2, 0.25) is 0 Å². The van der Waals surface area contributed by atoms with Gasteiger partial charge in [-0.15, -0.1) is 11.8 Å². The van der Waals surface area contributed by atoms with Crippen LogP contribution in [0.1, 0.15) is 33.6 Å². The summed E-state index contributed by atoms with van der Waals surface area (Å²) in [5.74, 6) is -0.285. The van der Waals surface area contributed by atoms with Crippen LogP contribution in [0, 0.1) is 5.92 Å². The number of hydrogen-bond acceptors (Lipinski definition) is 4. The van der Waals surface area contributed by atoms with E-state index in [1.165, 1.54) is 16.7 Å². The Hall–Kier alpha value is -0.950. The predicted octanol–water partition coefficient (Wildman–Crippen LogP) is 1.75. The van der Waals surface area contributed by atoms with Gasteiger partial charge in [0.1, 0.15) is 6.04 Å². The number of carboxylic acid groups (broad SMARTS) is 1. The second-order valence-corrected chi connectivity index (χ2v) is 7.44. The van der Waals surface area contributed by atoms with E-state index in [0.29, 0.717) is 12.3 Å². The molecule has 7 heteroatoms. The van der Waals surface area contributed by atoms with Crippen LogP contribution in [0.15, 0.2) is 0 Å². The molecule has 2 saturated heterocycles. The lowest BCUT2D eigenvalue weighted by Gasteiger charge is -2.31. The molecule has 0 aromatic carbocycles. The Morgan fingerprint density at radius 1 is 1.52 bits per heavy atom. The number of thioether (sulfide) groups is 1. The molecular formula is C14H24N2O4S. The first-order chi connectivity index (χ1) is 9.84.